The van der Waals surface area contributed by atoms with Gasteiger partial charge in [-0.1, -0.05) is 12.8 Å². The fraction of sp³-hybridized carbons (Fsp3) is 0.923. The van der Waals surface area contributed by atoms with E-state index in [0.717, 1.165) is 51.9 Å². The van der Waals surface area contributed by atoms with Crippen molar-refractivity contribution in [3.05, 3.63) is 0 Å². The van der Waals surface area contributed by atoms with Crippen LogP contribution in [-0.2, 0) is 4.79 Å². The molecule has 0 aromatic carbocycles. The van der Waals surface area contributed by atoms with Crippen LogP contribution in [-0.4, -0.2) is 59.6 Å². The zero-order chi connectivity index (χ0) is 12.1. The quantitative estimate of drug-likeness (QED) is 0.700. The number of aliphatic hydroxyl groups is 1. The maximum atomic E-state index is 11.5. The molecule has 17 heavy (non-hydrogen) atoms. The molecule has 4 heteroatoms. The van der Waals surface area contributed by atoms with Gasteiger partial charge in [0.15, 0.2) is 0 Å². The molecular weight excluding hydrogens is 216 g/mol. The number of carbonyl (C=O) groups is 1. The predicted octanol–water partition coefficient (Wildman–Crippen LogP) is 0.846. The van der Waals surface area contributed by atoms with Crippen LogP contribution in [0.5, 0.6) is 0 Å². The van der Waals surface area contributed by atoms with Gasteiger partial charge in [0.1, 0.15) is 0 Å². The summed E-state index contributed by atoms with van der Waals surface area (Å²) in [4.78, 5) is 16.1. The second kappa shape index (κ2) is 6.36. The number of aliphatic hydroxyl groups excluding tert-OH is 1. The van der Waals surface area contributed by atoms with E-state index in [2.05, 4.69) is 9.80 Å². The normalized spacial score (nSPS) is 25.4. The lowest BCUT2D eigenvalue weighted by molar-refractivity contribution is -0.130. The summed E-state index contributed by atoms with van der Waals surface area (Å²) in [5, 5.41) is 8.69. The van der Waals surface area contributed by atoms with E-state index in [1.807, 2.05) is 0 Å². The van der Waals surface area contributed by atoms with Crippen molar-refractivity contribution in [2.24, 2.45) is 0 Å². The van der Waals surface area contributed by atoms with Crippen molar-refractivity contribution >= 4 is 5.91 Å². The summed E-state index contributed by atoms with van der Waals surface area (Å²) < 4.78 is 0. The Hall–Kier alpha value is -0.610. The summed E-state index contributed by atoms with van der Waals surface area (Å²) in [6.07, 6.45) is 6.32. The Morgan fingerprint density at radius 2 is 2.00 bits per heavy atom. The first-order valence-corrected chi connectivity index (χ1v) is 6.94. The van der Waals surface area contributed by atoms with Crippen LogP contribution in [0.4, 0.5) is 0 Å². The molecular formula is C13H24N2O2. The van der Waals surface area contributed by atoms with Crippen LogP contribution in [0.1, 0.15) is 38.5 Å². The zero-order valence-electron chi connectivity index (χ0n) is 10.6. The Bertz CT molecular complexity index is 258. The Morgan fingerprint density at radius 3 is 2.82 bits per heavy atom. The molecule has 98 valence electrons. The highest BCUT2D eigenvalue weighted by molar-refractivity contribution is 5.78. The van der Waals surface area contributed by atoms with Gasteiger partial charge in [0.05, 0.1) is 0 Å². The summed E-state index contributed by atoms with van der Waals surface area (Å²) in [6, 6.07) is 0.494. The molecule has 0 aliphatic carbocycles. The van der Waals surface area contributed by atoms with Gasteiger partial charge < -0.3 is 10.0 Å². The van der Waals surface area contributed by atoms with Crippen LogP contribution in [0.25, 0.3) is 0 Å². The smallest absolute Gasteiger partial charge is 0.222 e. The van der Waals surface area contributed by atoms with E-state index in [1.165, 1.54) is 12.8 Å². The number of hydrogen-bond donors (Lipinski definition) is 1. The zero-order valence-corrected chi connectivity index (χ0v) is 10.6. The van der Waals surface area contributed by atoms with Crippen LogP contribution in [0.15, 0.2) is 0 Å². The maximum absolute atomic E-state index is 11.5. The third kappa shape index (κ3) is 3.42. The molecule has 2 fully saturated rings. The molecule has 2 aliphatic heterocycles. The minimum atomic E-state index is 0.322. The molecule has 0 aromatic rings. The van der Waals surface area contributed by atoms with Crippen LogP contribution < -0.4 is 0 Å². The van der Waals surface area contributed by atoms with Gasteiger partial charge in [-0.05, 0) is 25.8 Å². The summed E-state index contributed by atoms with van der Waals surface area (Å²) in [7, 11) is 0. The molecule has 0 bridgehead atoms. The van der Waals surface area contributed by atoms with Gasteiger partial charge in [0.2, 0.25) is 5.91 Å². The Labute approximate surface area is 104 Å². The van der Waals surface area contributed by atoms with Crippen molar-refractivity contribution in [2.45, 2.75) is 44.6 Å². The summed E-state index contributed by atoms with van der Waals surface area (Å²) in [6.45, 7) is 4.53. The van der Waals surface area contributed by atoms with E-state index in [9.17, 15) is 4.79 Å². The second-order valence-corrected chi connectivity index (χ2v) is 5.22. The van der Waals surface area contributed by atoms with Gasteiger partial charge in [-0.25, -0.2) is 0 Å². The molecule has 0 spiro atoms. The van der Waals surface area contributed by atoms with E-state index >= 15 is 0 Å². The minimum Gasteiger partial charge on any atom is -0.396 e. The minimum absolute atomic E-state index is 0.322. The van der Waals surface area contributed by atoms with E-state index in [-0.39, 0.29) is 0 Å². The third-order valence-electron chi connectivity index (χ3n) is 3.96. The van der Waals surface area contributed by atoms with E-state index in [0.29, 0.717) is 18.6 Å². The summed E-state index contributed by atoms with van der Waals surface area (Å²) >= 11 is 0. The molecule has 1 N–H and O–H groups in total. The number of fused-ring (bicyclic) bond motifs is 1. The SMILES string of the molecule is O=C1CCC2CN(CCCCCCO)CCN12. The molecule has 2 rings (SSSR count). The molecule has 4 nitrogen and oxygen atoms in total. The molecule has 2 saturated heterocycles. The Kier molecular flexibility index (Phi) is 4.80. The van der Waals surface area contributed by atoms with Gasteiger partial charge >= 0.3 is 0 Å². The third-order valence-corrected chi connectivity index (χ3v) is 3.96. The second-order valence-electron chi connectivity index (χ2n) is 5.22. The number of hydrogen-bond acceptors (Lipinski definition) is 3. The van der Waals surface area contributed by atoms with Gasteiger partial charge in [0, 0.05) is 38.7 Å². The van der Waals surface area contributed by atoms with Crippen molar-refractivity contribution in [3.63, 3.8) is 0 Å². The van der Waals surface area contributed by atoms with Gasteiger partial charge in [0.25, 0.3) is 0 Å². The summed E-state index contributed by atoms with van der Waals surface area (Å²) in [5.41, 5.74) is 0. The van der Waals surface area contributed by atoms with Crippen molar-refractivity contribution in [3.8, 4) is 0 Å². The highest BCUT2D eigenvalue weighted by Crippen LogP contribution is 2.22. The van der Waals surface area contributed by atoms with E-state index in [4.69, 9.17) is 5.11 Å². The number of nitrogens with zero attached hydrogens (tertiary/aromatic N) is 2. The largest absolute Gasteiger partial charge is 0.396 e. The Morgan fingerprint density at radius 1 is 1.18 bits per heavy atom. The van der Waals surface area contributed by atoms with Crippen molar-refractivity contribution in [1.82, 2.24) is 9.80 Å². The molecule has 2 heterocycles. The molecule has 1 amide bonds. The van der Waals surface area contributed by atoms with Gasteiger partial charge in [-0.15, -0.1) is 0 Å². The van der Waals surface area contributed by atoms with Crippen molar-refractivity contribution < 1.29 is 9.90 Å². The van der Waals surface area contributed by atoms with Crippen molar-refractivity contribution in [2.75, 3.05) is 32.8 Å². The fourth-order valence-corrected chi connectivity index (χ4v) is 2.93. The summed E-state index contributed by atoms with van der Waals surface area (Å²) in [5.74, 6) is 0.359. The lowest BCUT2D eigenvalue weighted by Crippen LogP contribution is -2.51. The predicted molar refractivity (Wildman–Crippen MR) is 66.7 cm³/mol. The highest BCUT2D eigenvalue weighted by Gasteiger charge is 2.34. The molecule has 1 unspecified atom stereocenters. The fourth-order valence-electron chi connectivity index (χ4n) is 2.93. The first-order chi connectivity index (χ1) is 8.31. The van der Waals surface area contributed by atoms with Crippen molar-refractivity contribution in [1.29, 1.82) is 0 Å². The number of carbonyl (C=O) groups excluding carboxylic acids is 1. The van der Waals surface area contributed by atoms with Gasteiger partial charge in [-0.3, -0.25) is 9.69 Å². The molecule has 0 radical (unpaired) electrons. The maximum Gasteiger partial charge on any atom is 0.222 e. The molecule has 0 saturated carbocycles. The van der Waals surface area contributed by atoms with E-state index in [1.54, 1.807) is 0 Å². The van der Waals surface area contributed by atoms with Crippen LogP contribution >= 0.6 is 0 Å². The van der Waals surface area contributed by atoms with E-state index < -0.39 is 0 Å². The first-order valence-electron chi connectivity index (χ1n) is 6.94. The van der Waals surface area contributed by atoms with Crippen LogP contribution in [0.3, 0.4) is 0 Å². The number of unbranched alkanes of at least 4 members (excludes halogenated alkanes) is 3. The Balaban J connectivity index is 1.62. The first kappa shape index (κ1) is 12.8. The molecule has 2 aliphatic rings. The van der Waals surface area contributed by atoms with Crippen LogP contribution in [0, 0.1) is 0 Å². The lowest BCUT2D eigenvalue weighted by atomic mass is 10.1. The monoisotopic (exact) mass is 240 g/mol. The number of amides is 1. The average Bonchev–Trinajstić information content (AvgIpc) is 2.71. The number of rotatable bonds is 6. The topological polar surface area (TPSA) is 43.8 Å². The standard InChI is InChI=1S/C13H24N2O2/c16-10-4-2-1-3-7-14-8-9-15-12(11-14)5-6-13(15)17/h12,16H,1-11H2. The molecule has 0 aromatic heterocycles. The lowest BCUT2D eigenvalue weighted by Gasteiger charge is -2.37. The van der Waals surface area contributed by atoms with Gasteiger partial charge in [-0.2, -0.15) is 0 Å². The molecule has 1 atom stereocenters. The average molecular weight is 240 g/mol. The number of piperazine rings is 1. The van der Waals surface area contributed by atoms with Crippen LogP contribution in [0.2, 0.25) is 0 Å². The highest BCUT2D eigenvalue weighted by atomic mass is 16.2.